The lowest BCUT2D eigenvalue weighted by Gasteiger charge is -2.18. The van der Waals surface area contributed by atoms with Crippen molar-refractivity contribution in [1.82, 2.24) is 34.7 Å². The number of methoxy groups -OCH3 is 1. The summed E-state index contributed by atoms with van der Waals surface area (Å²) in [6.45, 7) is 7.78. The first-order valence-electron chi connectivity index (χ1n) is 10.2. The number of amides is 1. The summed E-state index contributed by atoms with van der Waals surface area (Å²) in [5.41, 5.74) is 2.02. The second-order valence-corrected chi connectivity index (χ2v) is 7.92. The zero-order valence-corrected chi connectivity index (χ0v) is 18.4. The highest BCUT2D eigenvalue weighted by Gasteiger charge is 2.35. The van der Waals surface area contributed by atoms with Crippen LogP contribution in [-0.2, 0) is 11.8 Å². The molecule has 170 valence electrons. The van der Waals surface area contributed by atoms with E-state index < -0.39 is 18.1 Å². The molecule has 1 saturated heterocycles. The van der Waals surface area contributed by atoms with E-state index in [2.05, 4.69) is 37.4 Å². The fourth-order valence-electron chi connectivity index (χ4n) is 3.64. The third-order valence-electron chi connectivity index (χ3n) is 5.25. The van der Waals surface area contributed by atoms with E-state index in [9.17, 15) is 9.18 Å². The number of nitrogens with one attached hydrogen (secondary N) is 2. The number of carbonyl (C=O) groups excluding carboxylic acids is 1. The standard InChI is InChI=1S/C20H26FN9O2/c1-6-16(31)23-13-10-29(8-12(13)21)20-25-17(24-14-9-28(4)26-19(14)32-5)18-22-7-15(11(2)3)30(18)27-20/h6-7,9,11-13H,1,8,10H2,2-5H3,(H,23,31)(H,24,25,27). The normalized spacial score (nSPS) is 18.4. The Morgan fingerprint density at radius 1 is 1.38 bits per heavy atom. The van der Waals surface area contributed by atoms with Crippen LogP contribution in [0.2, 0.25) is 0 Å². The molecule has 0 aliphatic carbocycles. The number of halogens is 1. The van der Waals surface area contributed by atoms with E-state index in [1.807, 2.05) is 13.8 Å². The molecule has 1 fully saturated rings. The summed E-state index contributed by atoms with van der Waals surface area (Å²) in [6.07, 6.45) is 3.37. The summed E-state index contributed by atoms with van der Waals surface area (Å²) in [5.74, 6) is 0.890. The fourth-order valence-corrected chi connectivity index (χ4v) is 3.64. The number of aryl methyl sites for hydroxylation is 1. The second kappa shape index (κ2) is 8.44. The van der Waals surface area contributed by atoms with Crippen LogP contribution in [0.1, 0.15) is 25.5 Å². The van der Waals surface area contributed by atoms with Gasteiger partial charge in [0.1, 0.15) is 11.9 Å². The Balaban J connectivity index is 1.74. The van der Waals surface area contributed by atoms with Crippen molar-refractivity contribution in [2.75, 3.05) is 30.4 Å². The van der Waals surface area contributed by atoms with E-state index in [1.165, 1.54) is 7.11 Å². The minimum absolute atomic E-state index is 0.0506. The smallest absolute Gasteiger partial charge is 0.256 e. The molecular formula is C20H26FN9O2. The molecule has 2 atom stereocenters. The van der Waals surface area contributed by atoms with Crippen molar-refractivity contribution in [2.24, 2.45) is 7.05 Å². The number of rotatable bonds is 7. The van der Waals surface area contributed by atoms with Crippen molar-refractivity contribution in [3.8, 4) is 5.88 Å². The summed E-state index contributed by atoms with van der Waals surface area (Å²) in [7, 11) is 3.31. The van der Waals surface area contributed by atoms with Gasteiger partial charge in [0.15, 0.2) is 11.5 Å². The minimum Gasteiger partial charge on any atom is -0.478 e. The third kappa shape index (κ3) is 3.95. The first-order chi connectivity index (χ1) is 15.3. The van der Waals surface area contributed by atoms with Crippen LogP contribution in [0.4, 0.5) is 21.8 Å². The Bertz CT molecular complexity index is 1160. The molecule has 0 radical (unpaired) electrons. The number of ether oxygens (including phenoxy) is 1. The Morgan fingerprint density at radius 3 is 2.84 bits per heavy atom. The molecule has 0 aromatic carbocycles. The van der Waals surface area contributed by atoms with E-state index in [-0.39, 0.29) is 19.0 Å². The molecule has 12 heteroatoms. The topological polar surface area (TPSA) is 115 Å². The highest BCUT2D eigenvalue weighted by atomic mass is 19.1. The molecule has 11 nitrogen and oxygen atoms in total. The fraction of sp³-hybridized carbons (Fsp3) is 0.450. The maximum Gasteiger partial charge on any atom is 0.256 e. The van der Waals surface area contributed by atoms with E-state index in [4.69, 9.17) is 4.74 Å². The number of alkyl halides is 1. The highest BCUT2D eigenvalue weighted by molar-refractivity contribution is 5.87. The first-order valence-corrected chi connectivity index (χ1v) is 10.2. The van der Waals surface area contributed by atoms with Gasteiger partial charge in [0.05, 0.1) is 37.8 Å². The molecule has 0 spiro atoms. The molecule has 4 heterocycles. The molecule has 32 heavy (non-hydrogen) atoms. The Labute approximate surface area is 184 Å². The zero-order chi connectivity index (χ0) is 23.0. The predicted octanol–water partition coefficient (Wildman–Crippen LogP) is 1.56. The van der Waals surface area contributed by atoms with E-state index in [1.54, 1.807) is 33.5 Å². The van der Waals surface area contributed by atoms with Gasteiger partial charge in [0, 0.05) is 13.6 Å². The molecule has 1 aliphatic rings. The number of nitrogens with zero attached hydrogens (tertiary/aromatic N) is 7. The molecule has 0 saturated carbocycles. The lowest BCUT2D eigenvalue weighted by molar-refractivity contribution is -0.117. The van der Waals surface area contributed by atoms with Crippen LogP contribution in [0.3, 0.4) is 0 Å². The minimum atomic E-state index is -1.26. The second-order valence-electron chi connectivity index (χ2n) is 7.92. The molecule has 2 unspecified atom stereocenters. The number of imidazole rings is 1. The number of anilines is 3. The predicted molar refractivity (Wildman–Crippen MR) is 117 cm³/mol. The summed E-state index contributed by atoms with van der Waals surface area (Å²) >= 11 is 0. The van der Waals surface area contributed by atoms with Gasteiger partial charge < -0.3 is 20.3 Å². The summed E-state index contributed by atoms with van der Waals surface area (Å²) < 4.78 is 23.3. The van der Waals surface area contributed by atoms with Crippen molar-refractivity contribution >= 4 is 29.0 Å². The van der Waals surface area contributed by atoms with Crippen LogP contribution in [-0.4, -0.2) is 67.7 Å². The maximum absolute atomic E-state index is 14.6. The average molecular weight is 443 g/mol. The lowest BCUT2D eigenvalue weighted by Crippen LogP contribution is -2.40. The van der Waals surface area contributed by atoms with Gasteiger partial charge in [0.25, 0.3) is 5.88 Å². The molecule has 3 aromatic rings. The van der Waals surface area contributed by atoms with Gasteiger partial charge in [-0.05, 0) is 12.0 Å². The Kier molecular flexibility index (Phi) is 5.68. The van der Waals surface area contributed by atoms with Crippen LogP contribution in [0.5, 0.6) is 5.88 Å². The van der Waals surface area contributed by atoms with Gasteiger partial charge in [-0.1, -0.05) is 20.4 Å². The quantitative estimate of drug-likeness (QED) is 0.529. The summed E-state index contributed by atoms with van der Waals surface area (Å²) in [4.78, 5) is 22.5. The molecule has 2 N–H and O–H groups in total. The van der Waals surface area contributed by atoms with Crippen LogP contribution in [0, 0.1) is 0 Å². The van der Waals surface area contributed by atoms with Crippen molar-refractivity contribution in [3.63, 3.8) is 0 Å². The van der Waals surface area contributed by atoms with Crippen LogP contribution in [0.15, 0.2) is 25.0 Å². The number of fused-ring (bicyclic) bond motifs is 1. The molecular weight excluding hydrogens is 417 g/mol. The van der Waals surface area contributed by atoms with Gasteiger partial charge in [-0.15, -0.1) is 10.2 Å². The maximum atomic E-state index is 14.6. The van der Waals surface area contributed by atoms with E-state index in [0.717, 1.165) is 11.8 Å². The van der Waals surface area contributed by atoms with Crippen molar-refractivity contribution in [1.29, 1.82) is 0 Å². The Morgan fingerprint density at radius 2 is 2.16 bits per heavy atom. The van der Waals surface area contributed by atoms with Crippen molar-refractivity contribution < 1.29 is 13.9 Å². The number of hydrogen-bond donors (Lipinski definition) is 2. The number of carbonyl (C=O) groups is 1. The average Bonchev–Trinajstić information content (AvgIpc) is 3.44. The molecule has 0 bridgehead atoms. The Hall–Kier alpha value is -3.70. The van der Waals surface area contributed by atoms with E-state index >= 15 is 0 Å². The van der Waals surface area contributed by atoms with Crippen molar-refractivity contribution in [3.05, 3.63) is 30.7 Å². The summed E-state index contributed by atoms with van der Waals surface area (Å²) in [5, 5.41) is 14.7. The van der Waals surface area contributed by atoms with E-state index in [0.29, 0.717) is 29.0 Å². The van der Waals surface area contributed by atoms with Crippen LogP contribution < -0.4 is 20.3 Å². The summed E-state index contributed by atoms with van der Waals surface area (Å²) in [6, 6.07) is -0.679. The van der Waals surface area contributed by atoms with Gasteiger partial charge in [-0.25, -0.2) is 13.9 Å². The van der Waals surface area contributed by atoms with Gasteiger partial charge in [-0.3, -0.25) is 9.48 Å². The first kappa shape index (κ1) is 21.5. The zero-order valence-electron chi connectivity index (χ0n) is 18.4. The van der Waals surface area contributed by atoms with Crippen LogP contribution in [0.25, 0.3) is 5.65 Å². The molecule has 4 rings (SSSR count). The van der Waals surface area contributed by atoms with Gasteiger partial charge >= 0.3 is 0 Å². The number of aromatic nitrogens is 6. The SMILES string of the molecule is C=CC(=O)NC1CN(c2nc(Nc3cn(C)nc3OC)c3ncc(C(C)C)n3n2)CC1F. The van der Waals surface area contributed by atoms with Gasteiger partial charge in [0.2, 0.25) is 11.9 Å². The lowest BCUT2D eigenvalue weighted by atomic mass is 10.2. The van der Waals surface area contributed by atoms with Gasteiger partial charge in [-0.2, -0.15) is 4.98 Å². The van der Waals surface area contributed by atoms with Crippen molar-refractivity contribution in [2.45, 2.75) is 32.0 Å². The third-order valence-corrected chi connectivity index (χ3v) is 5.25. The monoisotopic (exact) mass is 443 g/mol. The molecule has 1 aliphatic heterocycles. The number of hydrogen-bond acceptors (Lipinski definition) is 8. The highest BCUT2D eigenvalue weighted by Crippen LogP contribution is 2.30. The largest absolute Gasteiger partial charge is 0.478 e. The molecule has 1 amide bonds. The van der Waals surface area contributed by atoms with Crippen LogP contribution >= 0.6 is 0 Å². The molecule has 3 aromatic heterocycles.